The van der Waals surface area contributed by atoms with Crippen molar-refractivity contribution >= 4 is 27.5 Å². The zero-order valence-corrected chi connectivity index (χ0v) is 19.5. The number of aryl methyl sites for hydroxylation is 2. The van der Waals surface area contributed by atoms with Crippen molar-refractivity contribution < 1.29 is 13.2 Å². The molecule has 8 heteroatoms. The molecule has 1 amide bonds. The fraction of sp³-hybridized carbons (Fsp3) is 0.435. The van der Waals surface area contributed by atoms with Gasteiger partial charge in [0.15, 0.2) is 0 Å². The van der Waals surface area contributed by atoms with E-state index in [1.807, 2.05) is 14.0 Å². The van der Waals surface area contributed by atoms with Crippen LogP contribution >= 0.6 is 11.6 Å². The second-order valence-corrected chi connectivity index (χ2v) is 10.7. The molecule has 1 fully saturated rings. The summed E-state index contributed by atoms with van der Waals surface area (Å²) in [6.07, 6.45) is 3.37. The molecule has 2 aromatic carbocycles. The highest BCUT2D eigenvalue weighted by Gasteiger charge is 2.30. The molecule has 0 unspecified atom stereocenters. The number of hydrogen-bond acceptors (Lipinski definition) is 4. The van der Waals surface area contributed by atoms with Crippen LogP contribution in [-0.2, 0) is 22.9 Å². The number of hydrogen-bond donors (Lipinski definition) is 1. The summed E-state index contributed by atoms with van der Waals surface area (Å²) in [7, 11) is -1.80. The van der Waals surface area contributed by atoms with Crippen LogP contribution in [0, 0.1) is 0 Å². The van der Waals surface area contributed by atoms with Gasteiger partial charge in [0, 0.05) is 31.7 Å². The maximum absolute atomic E-state index is 13.1. The number of fused-ring (bicyclic) bond motifs is 1. The van der Waals surface area contributed by atoms with Crippen molar-refractivity contribution in [1.82, 2.24) is 14.5 Å². The van der Waals surface area contributed by atoms with E-state index < -0.39 is 10.0 Å². The van der Waals surface area contributed by atoms with Gasteiger partial charge in [-0.1, -0.05) is 29.8 Å². The molecule has 1 N–H and O–H groups in total. The highest BCUT2D eigenvalue weighted by Crippen LogP contribution is 2.28. The van der Waals surface area contributed by atoms with E-state index in [-0.39, 0.29) is 27.4 Å². The molecule has 0 radical (unpaired) electrons. The number of nitrogens with one attached hydrogen (secondary N) is 1. The maximum Gasteiger partial charge on any atom is 0.251 e. The Morgan fingerprint density at radius 1 is 1.03 bits per heavy atom. The molecule has 0 bridgehead atoms. The minimum absolute atomic E-state index is 0.0171. The fourth-order valence-corrected chi connectivity index (χ4v) is 6.16. The fourth-order valence-electron chi connectivity index (χ4n) is 4.23. The van der Waals surface area contributed by atoms with E-state index in [1.54, 1.807) is 6.07 Å². The summed E-state index contributed by atoms with van der Waals surface area (Å²) in [5.41, 5.74) is 4.07. The van der Waals surface area contributed by atoms with Gasteiger partial charge in [-0.25, -0.2) is 8.42 Å². The van der Waals surface area contributed by atoms with Crippen LogP contribution in [-0.4, -0.2) is 56.8 Å². The lowest BCUT2D eigenvalue weighted by molar-refractivity contribution is 0.0939. The SMILES string of the molecule is C[C@@H](NC(=O)c1ccc(Cl)c(S(=O)(=O)N2CCN(C)CC2)c1)c1ccc2c(c1)CCC2. The molecule has 6 nitrogen and oxygen atoms in total. The summed E-state index contributed by atoms with van der Waals surface area (Å²) < 4.78 is 27.7. The summed E-state index contributed by atoms with van der Waals surface area (Å²) in [4.78, 5) is 15.0. The largest absolute Gasteiger partial charge is 0.346 e. The third kappa shape index (κ3) is 4.65. The summed E-state index contributed by atoms with van der Waals surface area (Å²) in [5.74, 6) is -0.320. The number of carbonyl (C=O) groups is 1. The molecule has 1 heterocycles. The number of likely N-dealkylation sites (N-methyl/N-ethyl adjacent to an activating group) is 1. The minimum atomic E-state index is -3.76. The van der Waals surface area contributed by atoms with Crippen LogP contribution < -0.4 is 5.32 Å². The quantitative estimate of drug-likeness (QED) is 0.742. The Morgan fingerprint density at radius 2 is 1.74 bits per heavy atom. The molecular formula is C23H28ClN3O3S. The molecule has 2 aliphatic rings. The number of sulfonamides is 1. The monoisotopic (exact) mass is 461 g/mol. The number of carbonyl (C=O) groups excluding carboxylic acids is 1. The first-order valence-corrected chi connectivity index (χ1v) is 12.5. The molecule has 1 aliphatic heterocycles. The smallest absolute Gasteiger partial charge is 0.251 e. The average molecular weight is 462 g/mol. The minimum Gasteiger partial charge on any atom is -0.346 e. The highest BCUT2D eigenvalue weighted by molar-refractivity contribution is 7.89. The van der Waals surface area contributed by atoms with Gasteiger partial charge >= 0.3 is 0 Å². The lowest BCUT2D eigenvalue weighted by Gasteiger charge is -2.31. The standard InChI is InChI=1S/C23H28ClN3O3S/c1-16(18-7-6-17-4-3-5-19(17)14-18)25-23(28)20-8-9-21(24)22(15-20)31(29,30)27-12-10-26(2)11-13-27/h6-9,14-16H,3-5,10-13H2,1-2H3,(H,25,28)/t16-/m1/s1. The van der Waals surface area contributed by atoms with Gasteiger partial charge in [0.2, 0.25) is 10.0 Å². The van der Waals surface area contributed by atoms with Gasteiger partial charge in [-0.2, -0.15) is 4.31 Å². The Morgan fingerprint density at radius 3 is 2.48 bits per heavy atom. The predicted octanol–water partition coefficient (Wildman–Crippen LogP) is 3.26. The van der Waals surface area contributed by atoms with Crippen molar-refractivity contribution in [2.24, 2.45) is 0 Å². The molecule has 0 spiro atoms. The molecule has 2 aromatic rings. The van der Waals surface area contributed by atoms with Crippen LogP contribution in [0.15, 0.2) is 41.3 Å². The average Bonchev–Trinajstić information content (AvgIpc) is 3.22. The molecule has 0 aromatic heterocycles. The zero-order chi connectivity index (χ0) is 22.2. The summed E-state index contributed by atoms with van der Waals surface area (Å²) in [6, 6.07) is 10.6. The summed E-state index contributed by atoms with van der Waals surface area (Å²) in [6.45, 7) is 4.07. The van der Waals surface area contributed by atoms with Crippen LogP contribution in [0.2, 0.25) is 5.02 Å². The Labute approximate surface area is 189 Å². The van der Waals surface area contributed by atoms with E-state index in [1.165, 1.54) is 34.0 Å². The summed E-state index contributed by atoms with van der Waals surface area (Å²) in [5, 5.41) is 3.12. The second kappa shape index (κ2) is 8.90. The lowest BCUT2D eigenvalue weighted by Crippen LogP contribution is -2.47. The van der Waals surface area contributed by atoms with Crippen molar-refractivity contribution in [3.63, 3.8) is 0 Å². The second-order valence-electron chi connectivity index (χ2n) is 8.43. The third-order valence-electron chi connectivity index (χ3n) is 6.24. The Hall–Kier alpha value is -1.93. The van der Waals surface area contributed by atoms with E-state index in [0.29, 0.717) is 26.2 Å². The molecule has 1 atom stereocenters. The van der Waals surface area contributed by atoms with Gasteiger partial charge < -0.3 is 10.2 Å². The van der Waals surface area contributed by atoms with Crippen molar-refractivity contribution in [2.45, 2.75) is 37.1 Å². The van der Waals surface area contributed by atoms with Gasteiger partial charge in [0.25, 0.3) is 5.91 Å². The highest BCUT2D eigenvalue weighted by atomic mass is 35.5. The maximum atomic E-state index is 13.1. The van der Waals surface area contributed by atoms with Crippen molar-refractivity contribution in [3.05, 3.63) is 63.7 Å². The number of amides is 1. The van der Waals surface area contributed by atoms with E-state index in [2.05, 4.69) is 28.4 Å². The van der Waals surface area contributed by atoms with Gasteiger partial charge in [0.1, 0.15) is 4.90 Å². The molecule has 1 aliphatic carbocycles. The van der Waals surface area contributed by atoms with E-state index in [0.717, 1.165) is 18.4 Å². The van der Waals surface area contributed by atoms with E-state index in [4.69, 9.17) is 11.6 Å². The lowest BCUT2D eigenvalue weighted by atomic mass is 10.0. The zero-order valence-electron chi connectivity index (χ0n) is 17.9. The molecular weight excluding hydrogens is 434 g/mol. The number of halogens is 1. The normalized spacial score (nSPS) is 18.5. The van der Waals surface area contributed by atoms with Crippen LogP contribution in [0.3, 0.4) is 0 Å². The first kappa shape index (κ1) is 22.3. The molecule has 166 valence electrons. The molecule has 31 heavy (non-hydrogen) atoms. The van der Waals surface area contributed by atoms with Crippen LogP contribution in [0.1, 0.15) is 46.4 Å². The van der Waals surface area contributed by atoms with Crippen molar-refractivity contribution in [3.8, 4) is 0 Å². The van der Waals surface area contributed by atoms with Crippen molar-refractivity contribution in [1.29, 1.82) is 0 Å². The van der Waals surface area contributed by atoms with E-state index in [9.17, 15) is 13.2 Å². The predicted molar refractivity (Wildman–Crippen MR) is 122 cm³/mol. The topological polar surface area (TPSA) is 69.7 Å². The first-order valence-electron chi connectivity index (χ1n) is 10.7. The molecule has 4 rings (SSSR count). The van der Waals surface area contributed by atoms with Gasteiger partial charge in [-0.05, 0) is 68.1 Å². The Balaban J connectivity index is 1.52. The number of benzene rings is 2. The van der Waals surface area contributed by atoms with Gasteiger partial charge in [0.05, 0.1) is 11.1 Å². The van der Waals surface area contributed by atoms with Crippen molar-refractivity contribution in [2.75, 3.05) is 33.2 Å². The van der Waals surface area contributed by atoms with Gasteiger partial charge in [-0.15, -0.1) is 0 Å². The number of piperazine rings is 1. The third-order valence-corrected chi connectivity index (χ3v) is 8.62. The molecule has 1 saturated heterocycles. The van der Waals surface area contributed by atoms with Crippen LogP contribution in [0.4, 0.5) is 0 Å². The van der Waals surface area contributed by atoms with E-state index >= 15 is 0 Å². The Bertz CT molecular complexity index is 1100. The molecule has 0 saturated carbocycles. The van der Waals surface area contributed by atoms with Crippen LogP contribution in [0.5, 0.6) is 0 Å². The Kier molecular flexibility index (Phi) is 6.40. The number of nitrogens with zero attached hydrogens (tertiary/aromatic N) is 2. The van der Waals surface area contributed by atoms with Crippen LogP contribution in [0.25, 0.3) is 0 Å². The first-order chi connectivity index (χ1) is 14.8. The van der Waals surface area contributed by atoms with Gasteiger partial charge in [-0.3, -0.25) is 4.79 Å². The number of rotatable bonds is 5. The summed E-state index contributed by atoms with van der Waals surface area (Å²) >= 11 is 6.24.